The van der Waals surface area contributed by atoms with Crippen LogP contribution in [-0.2, 0) is 15.5 Å². The third kappa shape index (κ3) is 7.13. The Morgan fingerprint density at radius 1 is 1.47 bits per heavy atom. The second-order valence-electron chi connectivity index (χ2n) is 4.61. The molecule has 0 saturated carbocycles. The van der Waals surface area contributed by atoms with E-state index in [0.29, 0.717) is 19.2 Å². The summed E-state index contributed by atoms with van der Waals surface area (Å²) in [5.41, 5.74) is 0. The lowest BCUT2D eigenvalue weighted by Crippen LogP contribution is -2.41. The van der Waals surface area contributed by atoms with Gasteiger partial charge in [-0.2, -0.15) is 0 Å². The molecular formula is C12H25NO3S. The molecule has 1 fully saturated rings. The summed E-state index contributed by atoms with van der Waals surface area (Å²) < 4.78 is 16.5. The molecule has 5 heteroatoms. The summed E-state index contributed by atoms with van der Waals surface area (Å²) in [6.07, 6.45) is 3.65. The number of hydrogen-bond donors (Lipinski definition) is 2. The van der Waals surface area contributed by atoms with Crippen molar-refractivity contribution in [2.45, 2.75) is 44.8 Å². The van der Waals surface area contributed by atoms with E-state index in [0.717, 1.165) is 43.8 Å². The maximum Gasteiger partial charge on any atom is 0.0897 e. The lowest BCUT2D eigenvalue weighted by atomic mass is 10.1. The largest absolute Gasteiger partial charge is 0.389 e. The molecule has 1 atom stereocenters. The summed E-state index contributed by atoms with van der Waals surface area (Å²) in [6.45, 7) is 3.83. The third-order valence-electron chi connectivity index (χ3n) is 2.98. The Morgan fingerprint density at radius 2 is 2.18 bits per heavy atom. The summed E-state index contributed by atoms with van der Waals surface area (Å²) >= 11 is 0. The van der Waals surface area contributed by atoms with E-state index in [9.17, 15) is 9.32 Å². The van der Waals surface area contributed by atoms with Crippen LogP contribution >= 0.6 is 0 Å². The first-order chi connectivity index (χ1) is 8.22. The highest BCUT2D eigenvalue weighted by atomic mass is 32.2. The average Bonchev–Trinajstić information content (AvgIpc) is 2.34. The zero-order valence-electron chi connectivity index (χ0n) is 10.7. The van der Waals surface area contributed by atoms with E-state index in [1.54, 1.807) is 0 Å². The van der Waals surface area contributed by atoms with Crippen molar-refractivity contribution in [3.63, 3.8) is 0 Å². The Hall–Kier alpha value is 0.0300. The zero-order valence-corrected chi connectivity index (χ0v) is 11.5. The number of hydrogen-bond acceptors (Lipinski definition) is 4. The van der Waals surface area contributed by atoms with Crippen molar-refractivity contribution >= 4 is 10.8 Å². The van der Waals surface area contributed by atoms with Gasteiger partial charge in [0.1, 0.15) is 0 Å². The van der Waals surface area contributed by atoms with Gasteiger partial charge < -0.3 is 15.2 Å². The van der Waals surface area contributed by atoms with Crippen LogP contribution in [0.15, 0.2) is 0 Å². The van der Waals surface area contributed by atoms with E-state index in [1.807, 2.05) is 0 Å². The monoisotopic (exact) mass is 263 g/mol. The van der Waals surface area contributed by atoms with Crippen LogP contribution in [-0.4, -0.2) is 52.7 Å². The molecule has 1 saturated heterocycles. The van der Waals surface area contributed by atoms with Crippen LogP contribution in [0.1, 0.15) is 32.6 Å². The van der Waals surface area contributed by atoms with Gasteiger partial charge in [0.2, 0.25) is 0 Å². The Labute approximate surface area is 107 Å². The molecule has 0 bridgehead atoms. The minimum atomic E-state index is -0.610. The van der Waals surface area contributed by atoms with Gasteiger partial charge in [0.15, 0.2) is 0 Å². The van der Waals surface area contributed by atoms with Crippen molar-refractivity contribution in [2.24, 2.45) is 0 Å². The average molecular weight is 263 g/mol. The van der Waals surface area contributed by atoms with Gasteiger partial charge in [-0.3, -0.25) is 4.21 Å². The molecule has 0 aliphatic carbocycles. The van der Waals surface area contributed by atoms with E-state index in [4.69, 9.17) is 4.74 Å². The fourth-order valence-corrected chi connectivity index (χ4v) is 3.12. The molecule has 17 heavy (non-hydrogen) atoms. The maximum absolute atomic E-state index is 11.2. The molecule has 0 amide bonds. The van der Waals surface area contributed by atoms with E-state index in [2.05, 4.69) is 12.2 Å². The molecular weight excluding hydrogens is 238 g/mol. The number of aliphatic hydroxyl groups is 1. The first kappa shape index (κ1) is 15.1. The minimum absolute atomic E-state index is 0.408. The fourth-order valence-electron chi connectivity index (χ4n) is 1.83. The molecule has 4 nitrogen and oxygen atoms in total. The highest BCUT2D eigenvalue weighted by molar-refractivity contribution is 7.85. The Morgan fingerprint density at radius 3 is 2.82 bits per heavy atom. The van der Waals surface area contributed by atoms with Crippen LogP contribution in [0, 0.1) is 0 Å². The van der Waals surface area contributed by atoms with Gasteiger partial charge in [-0.1, -0.05) is 13.3 Å². The van der Waals surface area contributed by atoms with E-state index in [1.165, 1.54) is 0 Å². The topological polar surface area (TPSA) is 58.6 Å². The van der Waals surface area contributed by atoms with Gasteiger partial charge in [-0.25, -0.2) is 0 Å². The SMILES string of the molecule is CCCCOCC(O)CNC1CCS(=O)CC1. The van der Waals surface area contributed by atoms with Crippen LogP contribution < -0.4 is 5.32 Å². The van der Waals surface area contributed by atoms with Gasteiger partial charge in [-0.05, 0) is 19.3 Å². The molecule has 0 radical (unpaired) electrons. The first-order valence-electron chi connectivity index (χ1n) is 6.56. The second kappa shape index (κ2) is 9.03. The predicted octanol–water partition coefficient (Wildman–Crippen LogP) is 0.665. The van der Waals surface area contributed by atoms with Crippen LogP contribution in [0.5, 0.6) is 0 Å². The van der Waals surface area contributed by atoms with Crippen LogP contribution in [0.2, 0.25) is 0 Å². The van der Waals surface area contributed by atoms with Crippen molar-refractivity contribution in [1.82, 2.24) is 5.32 Å². The number of rotatable bonds is 8. The molecule has 1 rings (SSSR count). The molecule has 2 N–H and O–H groups in total. The summed E-state index contributed by atoms with van der Waals surface area (Å²) in [4.78, 5) is 0. The van der Waals surface area contributed by atoms with Crippen LogP contribution in [0.3, 0.4) is 0 Å². The zero-order chi connectivity index (χ0) is 12.5. The second-order valence-corrected chi connectivity index (χ2v) is 6.31. The lowest BCUT2D eigenvalue weighted by molar-refractivity contribution is 0.0344. The molecule has 0 aromatic rings. The van der Waals surface area contributed by atoms with Crippen LogP contribution in [0.25, 0.3) is 0 Å². The fraction of sp³-hybridized carbons (Fsp3) is 1.00. The van der Waals surface area contributed by atoms with Crippen molar-refractivity contribution in [3.8, 4) is 0 Å². The number of ether oxygens (including phenoxy) is 1. The summed E-state index contributed by atoms with van der Waals surface area (Å²) in [6, 6.07) is 0.415. The lowest BCUT2D eigenvalue weighted by Gasteiger charge is -2.24. The van der Waals surface area contributed by atoms with E-state index < -0.39 is 16.9 Å². The quantitative estimate of drug-likeness (QED) is 0.632. The third-order valence-corrected chi connectivity index (χ3v) is 4.36. The summed E-state index contributed by atoms with van der Waals surface area (Å²) in [5.74, 6) is 1.58. The highest BCUT2D eigenvalue weighted by Gasteiger charge is 2.18. The number of aliphatic hydroxyl groups excluding tert-OH is 1. The predicted molar refractivity (Wildman–Crippen MR) is 70.6 cm³/mol. The first-order valence-corrected chi connectivity index (χ1v) is 8.05. The van der Waals surface area contributed by atoms with E-state index >= 15 is 0 Å². The molecule has 0 aromatic carbocycles. The molecule has 102 valence electrons. The highest BCUT2D eigenvalue weighted by Crippen LogP contribution is 2.08. The summed E-state index contributed by atoms with van der Waals surface area (Å²) in [7, 11) is -0.610. The van der Waals surface area contributed by atoms with Crippen molar-refractivity contribution < 1.29 is 14.1 Å². The maximum atomic E-state index is 11.2. The Kier molecular flexibility index (Phi) is 8.01. The Balaban J connectivity index is 1.99. The molecule has 1 aliphatic rings. The molecule has 1 aliphatic heterocycles. The smallest absolute Gasteiger partial charge is 0.0897 e. The van der Waals surface area contributed by atoms with Gasteiger partial charge in [-0.15, -0.1) is 0 Å². The van der Waals surface area contributed by atoms with Gasteiger partial charge in [0.05, 0.1) is 12.7 Å². The molecule has 0 spiro atoms. The summed E-state index contributed by atoms with van der Waals surface area (Å²) in [5, 5.41) is 13.0. The van der Waals surface area contributed by atoms with Crippen LogP contribution in [0.4, 0.5) is 0 Å². The minimum Gasteiger partial charge on any atom is -0.389 e. The van der Waals surface area contributed by atoms with Gasteiger partial charge >= 0.3 is 0 Å². The van der Waals surface area contributed by atoms with Gasteiger partial charge in [0.25, 0.3) is 0 Å². The molecule has 1 heterocycles. The van der Waals surface area contributed by atoms with Gasteiger partial charge in [0, 0.05) is 41.5 Å². The Bertz CT molecular complexity index is 216. The molecule has 1 unspecified atom stereocenters. The van der Waals surface area contributed by atoms with Crippen molar-refractivity contribution in [1.29, 1.82) is 0 Å². The number of nitrogens with one attached hydrogen (secondary N) is 1. The normalized spacial score (nSPS) is 26.9. The van der Waals surface area contributed by atoms with E-state index in [-0.39, 0.29) is 0 Å². The van der Waals surface area contributed by atoms with Crippen molar-refractivity contribution in [3.05, 3.63) is 0 Å². The number of unbranched alkanes of at least 4 members (excludes halogenated alkanes) is 1. The standard InChI is InChI=1S/C12H25NO3S/c1-2-3-6-16-10-12(14)9-13-11-4-7-17(15)8-5-11/h11-14H,2-10H2,1H3. The van der Waals surface area contributed by atoms with Crippen molar-refractivity contribution in [2.75, 3.05) is 31.3 Å². The molecule has 0 aromatic heterocycles.